The van der Waals surface area contributed by atoms with E-state index in [9.17, 15) is 21.6 Å². The smallest absolute Gasteiger partial charge is 0.410 e. The molecule has 0 atom stereocenters. The Morgan fingerprint density at radius 1 is 1.11 bits per heavy atom. The highest BCUT2D eigenvalue weighted by molar-refractivity contribution is 7.91. The lowest BCUT2D eigenvalue weighted by atomic mass is 10.2. The van der Waals surface area contributed by atoms with Gasteiger partial charge in [-0.1, -0.05) is 17.7 Å². The number of sulfonamides is 2. The molecule has 0 spiro atoms. The second-order valence-electron chi connectivity index (χ2n) is 5.46. The molecular formula is C15H13N3O6S3. The van der Waals surface area contributed by atoms with E-state index in [2.05, 4.69) is 4.98 Å². The number of amides is 1. The van der Waals surface area contributed by atoms with E-state index in [0.717, 1.165) is 16.9 Å². The number of hydrogen-bond acceptors (Lipinski definition) is 8. The first-order valence-corrected chi connectivity index (χ1v) is 11.1. The number of nitrogens with two attached hydrogens (primary N) is 1. The summed E-state index contributed by atoms with van der Waals surface area (Å²) in [5.41, 5.74) is 1.22. The van der Waals surface area contributed by atoms with E-state index in [1.165, 1.54) is 30.3 Å². The quantitative estimate of drug-likeness (QED) is 0.645. The van der Waals surface area contributed by atoms with Crippen molar-refractivity contribution in [2.24, 2.45) is 5.14 Å². The second-order valence-corrected chi connectivity index (χ2v) is 9.91. The molecule has 2 aromatic carbocycles. The van der Waals surface area contributed by atoms with Crippen molar-refractivity contribution >= 4 is 47.7 Å². The summed E-state index contributed by atoms with van der Waals surface area (Å²) in [6.45, 7) is 1.80. The zero-order chi connectivity index (χ0) is 19.8. The Morgan fingerprint density at radius 3 is 2.41 bits per heavy atom. The van der Waals surface area contributed by atoms with Crippen LogP contribution in [0, 0.1) is 6.92 Å². The summed E-state index contributed by atoms with van der Waals surface area (Å²) in [6, 6.07) is 10.1. The molecule has 0 bridgehead atoms. The van der Waals surface area contributed by atoms with Crippen LogP contribution >= 0.6 is 11.3 Å². The molecule has 0 radical (unpaired) electrons. The Balaban J connectivity index is 1.78. The van der Waals surface area contributed by atoms with Crippen molar-refractivity contribution in [2.45, 2.75) is 16.2 Å². The van der Waals surface area contributed by atoms with Gasteiger partial charge in [0.1, 0.15) is 5.75 Å². The number of fused-ring (bicyclic) bond motifs is 1. The number of rotatable bonds is 4. The molecule has 0 saturated heterocycles. The molecule has 142 valence electrons. The van der Waals surface area contributed by atoms with Crippen LogP contribution in [0.4, 0.5) is 4.79 Å². The first-order valence-electron chi connectivity index (χ1n) is 7.29. The van der Waals surface area contributed by atoms with Crippen LogP contribution in [0.1, 0.15) is 5.56 Å². The van der Waals surface area contributed by atoms with Crippen molar-refractivity contribution in [3.05, 3.63) is 48.0 Å². The van der Waals surface area contributed by atoms with Crippen LogP contribution in [0.5, 0.6) is 5.75 Å². The van der Waals surface area contributed by atoms with Gasteiger partial charge in [0.15, 0.2) is 0 Å². The number of aromatic nitrogens is 1. The van der Waals surface area contributed by atoms with Gasteiger partial charge < -0.3 is 4.74 Å². The van der Waals surface area contributed by atoms with Crippen LogP contribution in [0.2, 0.25) is 0 Å². The van der Waals surface area contributed by atoms with E-state index in [4.69, 9.17) is 9.88 Å². The van der Waals surface area contributed by atoms with Crippen LogP contribution < -0.4 is 14.6 Å². The summed E-state index contributed by atoms with van der Waals surface area (Å²) in [7, 11) is -8.03. The van der Waals surface area contributed by atoms with Gasteiger partial charge in [-0.3, -0.25) is 0 Å². The molecule has 9 nitrogen and oxygen atoms in total. The standard InChI is InChI=1S/C15H13N3O6S3/c1-9-2-5-11(6-3-9)27(22,23)18-14(19)24-10-4-7-12-13(8-10)25-15(17-12)26(16,20)21/h2-8H,1H3,(H,18,19)(H2,16,20,21). The molecule has 27 heavy (non-hydrogen) atoms. The van der Waals surface area contributed by atoms with E-state index < -0.39 is 26.1 Å². The third kappa shape index (κ3) is 4.42. The molecular weight excluding hydrogens is 414 g/mol. The van der Waals surface area contributed by atoms with E-state index in [-0.39, 0.29) is 15.0 Å². The number of aryl methyl sites for hydroxylation is 1. The maximum Gasteiger partial charge on any atom is 0.426 e. The first-order chi connectivity index (χ1) is 12.5. The zero-order valence-corrected chi connectivity index (χ0v) is 16.2. The maximum atomic E-state index is 12.2. The van der Waals surface area contributed by atoms with Gasteiger partial charge in [-0.25, -0.2) is 36.5 Å². The fourth-order valence-corrected chi connectivity index (χ4v) is 4.64. The lowest BCUT2D eigenvalue weighted by Crippen LogP contribution is -2.33. The summed E-state index contributed by atoms with van der Waals surface area (Å²) < 4.78 is 53.9. The van der Waals surface area contributed by atoms with E-state index >= 15 is 0 Å². The monoisotopic (exact) mass is 427 g/mol. The van der Waals surface area contributed by atoms with Crippen LogP contribution in [0.3, 0.4) is 0 Å². The topological polar surface area (TPSA) is 146 Å². The van der Waals surface area contributed by atoms with Gasteiger partial charge in [-0.2, -0.15) is 0 Å². The Bertz CT molecular complexity index is 1230. The Kier molecular flexibility index (Phi) is 4.90. The summed E-state index contributed by atoms with van der Waals surface area (Å²) in [5.74, 6) is 0.0173. The molecule has 3 rings (SSSR count). The SMILES string of the molecule is Cc1ccc(S(=O)(=O)NC(=O)Oc2ccc3nc(S(N)(=O)=O)sc3c2)cc1. The molecule has 0 fully saturated rings. The Morgan fingerprint density at radius 2 is 1.78 bits per heavy atom. The van der Waals surface area contributed by atoms with Gasteiger partial charge in [0, 0.05) is 6.07 Å². The number of nitrogens with zero attached hydrogens (tertiary/aromatic N) is 1. The lowest BCUT2D eigenvalue weighted by molar-refractivity contribution is 0.207. The third-order valence-electron chi connectivity index (χ3n) is 3.34. The van der Waals surface area contributed by atoms with Crippen molar-refractivity contribution in [2.75, 3.05) is 0 Å². The van der Waals surface area contributed by atoms with Gasteiger partial charge in [-0.05, 0) is 31.2 Å². The molecule has 3 aromatic rings. The molecule has 3 N–H and O–H groups in total. The van der Waals surface area contributed by atoms with Gasteiger partial charge >= 0.3 is 6.09 Å². The first kappa shape index (κ1) is 19.2. The van der Waals surface area contributed by atoms with E-state index in [1.54, 1.807) is 23.8 Å². The highest BCUT2D eigenvalue weighted by atomic mass is 32.2. The summed E-state index contributed by atoms with van der Waals surface area (Å²) in [5, 5.41) is 5.03. The maximum absolute atomic E-state index is 12.2. The normalized spacial score (nSPS) is 12.1. The predicted molar refractivity (Wildman–Crippen MR) is 98.5 cm³/mol. The summed E-state index contributed by atoms with van der Waals surface area (Å²) in [4.78, 5) is 15.7. The number of carbonyl (C=O) groups is 1. The number of hydrogen-bond donors (Lipinski definition) is 2. The minimum Gasteiger partial charge on any atom is -0.410 e. The molecule has 1 heterocycles. The van der Waals surface area contributed by atoms with Crippen LogP contribution in [0.15, 0.2) is 51.7 Å². The highest BCUT2D eigenvalue weighted by Crippen LogP contribution is 2.28. The number of ether oxygens (including phenoxy) is 1. The minimum atomic E-state index is -4.08. The van der Waals surface area contributed by atoms with Crippen molar-refractivity contribution in [1.29, 1.82) is 0 Å². The molecule has 0 unspecified atom stereocenters. The third-order valence-corrected chi connectivity index (χ3v) is 7.01. The van der Waals surface area contributed by atoms with Gasteiger partial charge in [0.05, 0.1) is 15.1 Å². The average Bonchev–Trinajstić information content (AvgIpc) is 2.98. The van der Waals surface area contributed by atoms with Crippen LogP contribution in [-0.2, 0) is 20.0 Å². The van der Waals surface area contributed by atoms with E-state index in [1.807, 2.05) is 0 Å². The average molecular weight is 427 g/mol. The van der Waals surface area contributed by atoms with E-state index in [0.29, 0.717) is 10.2 Å². The van der Waals surface area contributed by atoms with Gasteiger partial charge in [0.2, 0.25) is 4.34 Å². The largest absolute Gasteiger partial charge is 0.426 e. The molecule has 0 aliphatic heterocycles. The molecule has 0 aliphatic carbocycles. The molecule has 12 heteroatoms. The molecule has 1 amide bonds. The number of primary sulfonamides is 1. The number of benzene rings is 2. The van der Waals surface area contributed by atoms with Crippen LogP contribution in [0.25, 0.3) is 10.2 Å². The van der Waals surface area contributed by atoms with Crippen LogP contribution in [-0.4, -0.2) is 27.9 Å². The van der Waals surface area contributed by atoms with Crippen molar-refractivity contribution in [1.82, 2.24) is 9.71 Å². The van der Waals surface area contributed by atoms with Crippen molar-refractivity contribution < 1.29 is 26.4 Å². The summed E-state index contributed by atoms with van der Waals surface area (Å²) in [6.07, 6.45) is -1.20. The van der Waals surface area contributed by atoms with Crippen molar-refractivity contribution in [3.63, 3.8) is 0 Å². The van der Waals surface area contributed by atoms with Crippen molar-refractivity contribution in [3.8, 4) is 5.75 Å². The minimum absolute atomic E-state index is 0.0173. The highest BCUT2D eigenvalue weighted by Gasteiger charge is 2.20. The fourth-order valence-electron chi connectivity index (χ4n) is 2.08. The number of nitrogens with one attached hydrogen (secondary N) is 1. The lowest BCUT2D eigenvalue weighted by Gasteiger charge is -2.08. The van der Waals surface area contributed by atoms with Gasteiger partial charge in [-0.15, -0.1) is 11.3 Å². The number of thiazole rings is 1. The molecule has 1 aromatic heterocycles. The Hall–Kier alpha value is -2.54. The Labute approximate surface area is 158 Å². The zero-order valence-electron chi connectivity index (χ0n) is 13.7. The predicted octanol–water partition coefficient (Wildman–Crippen LogP) is 1.73. The fraction of sp³-hybridized carbons (Fsp3) is 0.0667. The van der Waals surface area contributed by atoms with Gasteiger partial charge in [0.25, 0.3) is 20.0 Å². The molecule has 0 aliphatic rings. The second kappa shape index (κ2) is 6.88. The summed E-state index contributed by atoms with van der Waals surface area (Å²) >= 11 is 0.803. The number of carbonyl (C=O) groups excluding carboxylic acids is 1. The molecule has 0 saturated carbocycles.